The van der Waals surface area contributed by atoms with Crippen LogP contribution in [0.25, 0.3) is 0 Å². The van der Waals surface area contributed by atoms with E-state index in [0.29, 0.717) is 0 Å². The third kappa shape index (κ3) is 12.5. The molecule has 0 radical (unpaired) electrons. The molecule has 0 aliphatic rings. The monoisotopic (exact) mass is 765 g/mol. The Morgan fingerprint density at radius 1 is 0.618 bits per heavy atom. The lowest BCUT2D eigenvalue weighted by molar-refractivity contribution is -0.160. The van der Waals surface area contributed by atoms with E-state index in [2.05, 4.69) is 52.3 Å². The van der Waals surface area contributed by atoms with Crippen LogP contribution in [-0.4, -0.2) is 53.4 Å². The van der Waals surface area contributed by atoms with E-state index in [1.807, 2.05) is 113 Å². The Morgan fingerprint density at radius 3 is 1.51 bits per heavy atom. The number of ether oxygens (including phenoxy) is 2. The second-order valence-corrected chi connectivity index (χ2v) is 16.5. The molecule has 4 rings (SSSR count). The zero-order valence-corrected chi connectivity index (χ0v) is 33.7. The number of hydrogen-bond acceptors (Lipinski definition) is 7. The minimum Gasteiger partial charge on any atom is -0.458 e. The molecule has 0 fully saturated rings. The van der Waals surface area contributed by atoms with Crippen molar-refractivity contribution in [3.63, 3.8) is 0 Å². The van der Waals surface area contributed by atoms with Crippen molar-refractivity contribution in [1.29, 1.82) is 0 Å². The number of nitrogens with one attached hydrogen (secondary N) is 3. The summed E-state index contributed by atoms with van der Waals surface area (Å²) in [5.74, 6) is -1.80. The minimum absolute atomic E-state index is 0.00795. The van der Waals surface area contributed by atoms with Crippen LogP contribution in [0.5, 0.6) is 0 Å². The number of amides is 3. The van der Waals surface area contributed by atoms with Gasteiger partial charge in [-0.05, 0) is 61.3 Å². The van der Waals surface area contributed by atoms with Gasteiger partial charge >= 0.3 is 12.1 Å². The second kappa shape index (κ2) is 20.0. The molecule has 4 aromatic rings. The van der Waals surface area contributed by atoms with Gasteiger partial charge in [-0.3, -0.25) is 9.59 Å². The molecule has 0 spiro atoms. The van der Waals surface area contributed by atoms with Crippen molar-refractivity contribution in [2.24, 2.45) is 11.8 Å². The molecular formula is C45H55N3O6S. The van der Waals surface area contributed by atoms with Crippen molar-refractivity contribution in [1.82, 2.24) is 16.0 Å². The van der Waals surface area contributed by atoms with Crippen molar-refractivity contribution >= 4 is 35.6 Å². The van der Waals surface area contributed by atoms with Crippen LogP contribution in [0.1, 0.15) is 77.1 Å². The quantitative estimate of drug-likeness (QED) is 0.0735. The Labute approximate surface area is 330 Å². The highest BCUT2D eigenvalue weighted by atomic mass is 32.2. The Bertz CT molecular complexity index is 1720. The van der Waals surface area contributed by atoms with Crippen molar-refractivity contribution in [2.75, 3.05) is 5.75 Å². The van der Waals surface area contributed by atoms with Gasteiger partial charge in [0, 0.05) is 5.75 Å². The Kier molecular flexibility index (Phi) is 15.5. The zero-order valence-electron chi connectivity index (χ0n) is 32.9. The van der Waals surface area contributed by atoms with Gasteiger partial charge in [-0.25, -0.2) is 9.59 Å². The first-order valence-corrected chi connectivity index (χ1v) is 19.8. The highest BCUT2D eigenvalue weighted by Gasteiger charge is 2.40. The fraction of sp³-hybridized carbons (Fsp3) is 0.378. The van der Waals surface area contributed by atoms with E-state index in [9.17, 15) is 19.2 Å². The highest BCUT2D eigenvalue weighted by molar-refractivity contribution is 8.00. The maximum Gasteiger partial charge on any atom is 0.408 e. The first-order valence-electron chi connectivity index (χ1n) is 18.8. The molecule has 0 saturated heterocycles. The summed E-state index contributed by atoms with van der Waals surface area (Å²) < 4.78 is 10.4. The van der Waals surface area contributed by atoms with Crippen molar-refractivity contribution < 1.29 is 28.7 Å². The van der Waals surface area contributed by atoms with Crippen molar-refractivity contribution in [3.05, 3.63) is 144 Å². The van der Waals surface area contributed by atoms with Crippen LogP contribution < -0.4 is 16.0 Å². The van der Waals surface area contributed by atoms with Gasteiger partial charge in [0.2, 0.25) is 11.8 Å². The molecule has 0 heterocycles. The third-order valence-electron chi connectivity index (χ3n) is 8.79. The summed E-state index contributed by atoms with van der Waals surface area (Å²) in [6.45, 7) is 12.8. The van der Waals surface area contributed by atoms with E-state index in [4.69, 9.17) is 9.47 Å². The molecule has 9 nitrogen and oxygen atoms in total. The maximum absolute atomic E-state index is 14.5. The lowest BCUT2D eigenvalue weighted by Crippen LogP contribution is -2.58. The molecule has 0 aliphatic heterocycles. The molecule has 0 aliphatic carbocycles. The first kappa shape index (κ1) is 42.6. The van der Waals surface area contributed by atoms with E-state index >= 15 is 0 Å². The molecule has 0 aromatic heterocycles. The normalized spacial score (nSPS) is 13.3. The third-order valence-corrected chi connectivity index (χ3v) is 10.4. The predicted molar refractivity (Wildman–Crippen MR) is 219 cm³/mol. The number of thioether (sulfide) groups is 1. The number of carbonyl (C=O) groups excluding carboxylic acids is 4. The summed E-state index contributed by atoms with van der Waals surface area (Å²) in [6.07, 6.45) is -0.485. The second-order valence-electron chi connectivity index (χ2n) is 15.3. The average molecular weight is 766 g/mol. The molecule has 0 saturated carbocycles. The lowest BCUT2D eigenvalue weighted by atomic mass is 9.84. The van der Waals surface area contributed by atoms with Crippen molar-refractivity contribution in [3.8, 4) is 0 Å². The number of hydrogen-bond donors (Lipinski definition) is 3. The van der Waals surface area contributed by atoms with Crippen LogP contribution in [-0.2, 0) is 35.2 Å². The molecular weight excluding hydrogens is 711 g/mol. The standard InChI is InChI=1S/C45H55N3O6S/c1-31(2)28-37(40(49)48-39(32(3)4)42(51)54-44(5,6)7)46-41(50)38(47-43(52)53-29-33-20-12-8-13-21-33)30-55-45(34-22-14-9-15-23-34,35-24-16-10-17-25-35)36-26-18-11-19-27-36/h8-27,31-32,37-39H,28-30H2,1-7H3,(H,46,50)(H,47,52)(H,48,49)/t37-,38-,39+/m1/s1. The number of alkyl carbamates (subject to hydrolysis) is 1. The fourth-order valence-electron chi connectivity index (χ4n) is 6.16. The van der Waals surface area contributed by atoms with Crippen LogP contribution in [0.2, 0.25) is 0 Å². The molecule has 4 aromatic carbocycles. The molecule has 3 N–H and O–H groups in total. The zero-order chi connectivity index (χ0) is 40.0. The summed E-state index contributed by atoms with van der Waals surface area (Å²) in [7, 11) is 0. The van der Waals surface area contributed by atoms with E-state index in [1.165, 1.54) is 11.8 Å². The van der Waals surface area contributed by atoms with Crippen LogP contribution in [0, 0.1) is 11.8 Å². The summed E-state index contributed by atoms with van der Waals surface area (Å²) in [5, 5.41) is 8.59. The van der Waals surface area contributed by atoms with Crippen LogP contribution >= 0.6 is 11.8 Å². The summed E-state index contributed by atoms with van der Waals surface area (Å²) >= 11 is 1.50. The molecule has 0 bridgehead atoms. The molecule has 55 heavy (non-hydrogen) atoms. The van der Waals surface area contributed by atoms with E-state index in [1.54, 1.807) is 20.8 Å². The number of esters is 1. The van der Waals surface area contributed by atoms with Crippen molar-refractivity contribution in [2.45, 2.75) is 90.0 Å². The average Bonchev–Trinajstić information content (AvgIpc) is 3.16. The lowest BCUT2D eigenvalue weighted by Gasteiger charge is -2.36. The Balaban J connectivity index is 1.69. The first-order chi connectivity index (χ1) is 26.2. The number of carbonyl (C=O) groups is 4. The molecule has 10 heteroatoms. The largest absolute Gasteiger partial charge is 0.458 e. The van der Waals surface area contributed by atoms with Gasteiger partial charge < -0.3 is 25.4 Å². The Morgan fingerprint density at radius 2 is 1.07 bits per heavy atom. The van der Waals surface area contributed by atoms with Gasteiger partial charge in [-0.1, -0.05) is 149 Å². The van der Waals surface area contributed by atoms with Crippen LogP contribution in [0.4, 0.5) is 4.79 Å². The minimum atomic E-state index is -1.13. The van der Waals surface area contributed by atoms with Gasteiger partial charge in [0.05, 0.1) is 4.75 Å². The van der Waals surface area contributed by atoms with Crippen LogP contribution in [0.3, 0.4) is 0 Å². The Hall–Kier alpha value is -5.09. The molecule has 3 amide bonds. The molecule has 0 unspecified atom stereocenters. The predicted octanol–water partition coefficient (Wildman–Crippen LogP) is 8.02. The van der Waals surface area contributed by atoms with E-state index < -0.39 is 52.4 Å². The SMILES string of the molecule is CC(C)C[C@@H](NC(=O)[C@@H](CSC(c1ccccc1)(c1ccccc1)c1ccccc1)NC(=O)OCc1ccccc1)C(=O)N[C@H](C(=O)OC(C)(C)C)C(C)C. The number of rotatable bonds is 17. The summed E-state index contributed by atoms with van der Waals surface area (Å²) in [4.78, 5) is 54.9. The van der Waals surface area contributed by atoms with Crippen LogP contribution in [0.15, 0.2) is 121 Å². The smallest absolute Gasteiger partial charge is 0.408 e. The van der Waals surface area contributed by atoms with Gasteiger partial charge in [-0.15, -0.1) is 11.8 Å². The molecule has 292 valence electrons. The van der Waals surface area contributed by atoms with Gasteiger partial charge in [0.15, 0.2) is 0 Å². The summed E-state index contributed by atoms with van der Waals surface area (Å²) in [5.41, 5.74) is 3.01. The van der Waals surface area contributed by atoms with E-state index in [-0.39, 0.29) is 30.6 Å². The fourth-order valence-corrected chi connectivity index (χ4v) is 7.72. The molecule has 3 atom stereocenters. The van der Waals surface area contributed by atoms with Gasteiger partial charge in [-0.2, -0.15) is 0 Å². The van der Waals surface area contributed by atoms with Gasteiger partial charge in [0.1, 0.15) is 30.3 Å². The van der Waals surface area contributed by atoms with Gasteiger partial charge in [0.25, 0.3) is 0 Å². The highest BCUT2D eigenvalue weighted by Crippen LogP contribution is 2.48. The number of benzene rings is 4. The maximum atomic E-state index is 14.5. The topological polar surface area (TPSA) is 123 Å². The summed E-state index contributed by atoms with van der Waals surface area (Å²) in [6, 6.07) is 36.3. The van der Waals surface area contributed by atoms with E-state index in [0.717, 1.165) is 22.3 Å².